The molecule has 0 aromatic heterocycles. The van der Waals surface area contributed by atoms with Crippen LogP contribution in [0.25, 0.3) is 0 Å². The van der Waals surface area contributed by atoms with Gasteiger partial charge in [-0.2, -0.15) is 13.2 Å². The first kappa shape index (κ1) is 19.9. The van der Waals surface area contributed by atoms with E-state index in [1.807, 2.05) is 24.3 Å². The lowest BCUT2D eigenvalue weighted by Gasteiger charge is -2.36. The van der Waals surface area contributed by atoms with Crippen molar-refractivity contribution >= 4 is 11.9 Å². The number of carbonyl (C=O) groups excluding carboxylic acids is 1. The lowest BCUT2D eigenvalue weighted by Crippen LogP contribution is -2.50. The number of amides is 1. The summed E-state index contributed by atoms with van der Waals surface area (Å²) < 4.78 is 38.7. The van der Waals surface area contributed by atoms with Gasteiger partial charge in [0.2, 0.25) is 5.91 Å². The van der Waals surface area contributed by atoms with E-state index >= 15 is 0 Å². The van der Waals surface area contributed by atoms with Gasteiger partial charge < -0.3 is 10.0 Å². The number of carbonyl (C=O) groups is 2. The minimum atomic E-state index is -4.45. The number of nitrogens with zero attached hydrogens (tertiary/aromatic N) is 1. The van der Waals surface area contributed by atoms with Gasteiger partial charge in [0.05, 0.1) is 5.56 Å². The predicted octanol–water partition coefficient (Wildman–Crippen LogP) is 3.92. The SMILES string of the molecule is CC(Cc1cccc(C(F)(F)F)c1)C(=O)N1Cc2ccccc2CC1C(=O)O. The van der Waals surface area contributed by atoms with Gasteiger partial charge in [0.25, 0.3) is 0 Å². The average Bonchev–Trinajstić information content (AvgIpc) is 2.65. The molecule has 0 aliphatic carbocycles. The molecule has 2 unspecified atom stereocenters. The van der Waals surface area contributed by atoms with E-state index < -0.39 is 29.7 Å². The number of hydrogen-bond donors (Lipinski definition) is 1. The Kier molecular flexibility index (Phi) is 5.45. The number of carboxylic acid groups (broad SMARTS) is 1. The minimum absolute atomic E-state index is 0.104. The monoisotopic (exact) mass is 391 g/mol. The molecule has 2 aromatic rings. The highest BCUT2D eigenvalue weighted by Gasteiger charge is 2.36. The summed E-state index contributed by atoms with van der Waals surface area (Å²) in [5, 5.41) is 9.56. The molecule has 0 radical (unpaired) electrons. The van der Waals surface area contributed by atoms with E-state index in [9.17, 15) is 27.9 Å². The predicted molar refractivity (Wildman–Crippen MR) is 96.4 cm³/mol. The van der Waals surface area contributed by atoms with E-state index in [1.54, 1.807) is 13.0 Å². The molecule has 0 bridgehead atoms. The summed E-state index contributed by atoms with van der Waals surface area (Å²) in [6.07, 6.45) is -4.13. The summed E-state index contributed by atoms with van der Waals surface area (Å²) in [6, 6.07) is 11.2. The molecule has 2 aromatic carbocycles. The Balaban J connectivity index is 1.79. The Morgan fingerprint density at radius 1 is 1.14 bits per heavy atom. The maximum atomic E-state index is 12.9. The summed E-state index contributed by atoms with van der Waals surface area (Å²) >= 11 is 0. The third-order valence-corrected chi connectivity index (χ3v) is 5.03. The van der Waals surface area contributed by atoms with Gasteiger partial charge in [-0.25, -0.2) is 4.79 Å². The zero-order chi connectivity index (χ0) is 20.5. The summed E-state index contributed by atoms with van der Waals surface area (Å²) in [5.74, 6) is -2.11. The van der Waals surface area contributed by atoms with Gasteiger partial charge in [0, 0.05) is 18.9 Å². The van der Waals surface area contributed by atoms with Crippen molar-refractivity contribution in [2.45, 2.75) is 38.5 Å². The fraction of sp³-hybridized carbons (Fsp3) is 0.333. The van der Waals surface area contributed by atoms with Gasteiger partial charge in [0.1, 0.15) is 6.04 Å². The molecule has 1 aliphatic heterocycles. The molecular formula is C21H20F3NO3. The number of carboxylic acids is 1. The van der Waals surface area contributed by atoms with Gasteiger partial charge >= 0.3 is 12.1 Å². The first-order valence-corrected chi connectivity index (χ1v) is 8.93. The molecule has 2 atom stereocenters. The number of hydrogen-bond acceptors (Lipinski definition) is 2. The van der Waals surface area contributed by atoms with E-state index in [4.69, 9.17) is 0 Å². The molecule has 3 rings (SSSR count). The Morgan fingerprint density at radius 3 is 2.46 bits per heavy atom. The van der Waals surface area contributed by atoms with Crippen molar-refractivity contribution < 1.29 is 27.9 Å². The van der Waals surface area contributed by atoms with Crippen molar-refractivity contribution in [2.75, 3.05) is 0 Å². The fourth-order valence-corrected chi connectivity index (χ4v) is 3.57. The van der Waals surface area contributed by atoms with E-state index in [-0.39, 0.29) is 25.3 Å². The molecule has 1 amide bonds. The zero-order valence-electron chi connectivity index (χ0n) is 15.2. The highest BCUT2D eigenvalue weighted by molar-refractivity contribution is 5.86. The Labute approximate surface area is 160 Å². The quantitative estimate of drug-likeness (QED) is 0.860. The lowest BCUT2D eigenvalue weighted by molar-refractivity contribution is -0.153. The lowest BCUT2D eigenvalue weighted by atomic mass is 9.91. The largest absolute Gasteiger partial charge is 0.480 e. The maximum absolute atomic E-state index is 12.9. The van der Waals surface area contributed by atoms with Gasteiger partial charge in [0.15, 0.2) is 0 Å². The van der Waals surface area contributed by atoms with E-state index in [0.29, 0.717) is 5.56 Å². The van der Waals surface area contributed by atoms with Crippen LogP contribution in [-0.4, -0.2) is 27.9 Å². The highest BCUT2D eigenvalue weighted by atomic mass is 19.4. The second-order valence-corrected chi connectivity index (χ2v) is 7.10. The van der Waals surface area contributed by atoms with E-state index in [2.05, 4.69) is 0 Å². The van der Waals surface area contributed by atoms with Gasteiger partial charge in [-0.1, -0.05) is 49.4 Å². The molecule has 1 heterocycles. The average molecular weight is 391 g/mol. The smallest absolute Gasteiger partial charge is 0.416 e. The second kappa shape index (κ2) is 7.66. The normalized spacial score (nSPS) is 17.7. The van der Waals surface area contributed by atoms with Crippen LogP contribution in [0.5, 0.6) is 0 Å². The second-order valence-electron chi connectivity index (χ2n) is 7.10. The van der Waals surface area contributed by atoms with Crippen molar-refractivity contribution in [3.8, 4) is 0 Å². The van der Waals surface area contributed by atoms with Crippen molar-refractivity contribution in [1.29, 1.82) is 0 Å². The number of benzene rings is 2. The molecule has 0 saturated carbocycles. The first-order chi connectivity index (χ1) is 13.2. The number of fused-ring (bicyclic) bond motifs is 1. The zero-order valence-corrected chi connectivity index (χ0v) is 15.2. The molecule has 4 nitrogen and oxygen atoms in total. The maximum Gasteiger partial charge on any atom is 0.416 e. The fourth-order valence-electron chi connectivity index (χ4n) is 3.57. The topological polar surface area (TPSA) is 57.6 Å². The summed E-state index contributed by atoms with van der Waals surface area (Å²) in [4.78, 5) is 26.0. The third-order valence-electron chi connectivity index (χ3n) is 5.03. The van der Waals surface area contributed by atoms with Crippen LogP contribution in [0.15, 0.2) is 48.5 Å². The highest BCUT2D eigenvalue weighted by Crippen LogP contribution is 2.30. The molecular weight excluding hydrogens is 371 g/mol. The minimum Gasteiger partial charge on any atom is -0.480 e. The summed E-state index contributed by atoms with van der Waals surface area (Å²) in [5.41, 5.74) is 1.41. The summed E-state index contributed by atoms with van der Waals surface area (Å²) in [6.45, 7) is 1.79. The Hall–Kier alpha value is -2.83. The summed E-state index contributed by atoms with van der Waals surface area (Å²) in [7, 11) is 0. The first-order valence-electron chi connectivity index (χ1n) is 8.93. The number of halogens is 3. The number of alkyl halides is 3. The van der Waals surface area contributed by atoms with Gasteiger partial charge in [-0.3, -0.25) is 4.79 Å². The Morgan fingerprint density at radius 2 is 1.82 bits per heavy atom. The van der Waals surface area contributed by atoms with Crippen LogP contribution in [0.3, 0.4) is 0 Å². The molecule has 148 valence electrons. The molecule has 0 saturated heterocycles. The van der Waals surface area contributed by atoms with E-state index in [0.717, 1.165) is 23.3 Å². The molecule has 1 aliphatic rings. The van der Waals surface area contributed by atoms with Crippen molar-refractivity contribution in [3.05, 3.63) is 70.8 Å². The van der Waals surface area contributed by atoms with Crippen molar-refractivity contribution in [2.24, 2.45) is 5.92 Å². The Bertz CT molecular complexity index is 894. The standard InChI is InChI=1S/C21H20F3NO3/c1-13(9-14-5-4-8-17(10-14)21(22,23)24)19(26)25-12-16-7-3-2-6-15(16)11-18(25)20(27)28/h2-8,10,13,18H,9,11-12H2,1H3,(H,27,28). The number of rotatable bonds is 4. The van der Waals surface area contributed by atoms with Crippen LogP contribution >= 0.6 is 0 Å². The molecule has 0 spiro atoms. The van der Waals surface area contributed by atoms with Gasteiger partial charge in [-0.05, 0) is 29.2 Å². The van der Waals surface area contributed by atoms with Crippen LogP contribution in [-0.2, 0) is 35.2 Å². The van der Waals surface area contributed by atoms with Crippen LogP contribution in [0, 0.1) is 5.92 Å². The van der Waals surface area contributed by atoms with Crippen molar-refractivity contribution in [3.63, 3.8) is 0 Å². The van der Waals surface area contributed by atoms with Crippen LogP contribution in [0.4, 0.5) is 13.2 Å². The molecule has 28 heavy (non-hydrogen) atoms. The van der Waals surface area contributed by atoms with E-state index in [1.165, 1.54) is 11.0 Å². The van der Waals surface area contributed by atoms with Crippen LogP contribution < -0.4 is 0 Å². The van der Waals surface area contributed by atoms with Crippen molar-refractivity contribution in [1.82, 2.24) is 4.90 Å². The molecule has 0 fully saturated rings. The van der Waals surface area contributed by atoms with Crippen LogP contribution in [0.2, 0.25) is 0 Å². The molecule has 7 heteroatoms. The molecule has 1 N–H and O–H groups in total. The third kappa shape index (κ3) is 4.18. The van der Waals surface area contributed by atoms with Gasteiger partial charge in [-0.15, -0.1) is 0 Å². The number of aliphatic carboxylic acids is 1. The van der Waals surface area contributed by atoms with Crippen LogP contribution in [0.1, 0.15) is 29.2 Å².